The number of aliphatic hydroxyl groups excluding tert-OH is 1. The smallest absolute Gasteiger partial charge is 0.373 e. The molecule has 0 aliphatic heterocycles. The first-order chi connectivity index (χ1) is 25.6. The molecule has 3 aromatic carbocycles. The van der Waals surface area contributed by atoms with E-state index in [1.54, 1.807) is 25.1 Å². The van der Waals surface area contributed by atoms with Gasteiger partial charge in [-0.1, -0.05) is 18.2 Å². The fraction of sp³-hybridized carbons (Fsp3) is 0.289. The van der Waals surface area contributed by atoms with Crippen LogP contribution in [0, 0.1) is 5.82 Å². The van der Waals surface area contributed by atoms with Crippen LogP contribution in [0.2, 0.25) is 0 Å². The van der Waals surface area contributed by atoms with E-state index in [9.17, 15) is 41.9 Å². The van der Waals surface area contributed by atoms with Crippen LogP contribution in [0.15, 0.2) is 76.9 Å². The lowest BCUT2D eigenvalue weighted by Gasteiger charge is -2.25. The molecule has 16 heteroatoms. The van der Waals surface area contributed by atoms with Crippen LogP contribution >= 0.6 is 0 Å². The number of fused-ring (bicyclic) bond motifs is 1. The van der Waals surface area contributed by atoms with E-state index in [0.29, 0.717) is 22.1 Å². The van der Waals surface area contributed by atoms with E-state index in [1.165, 1.54) is 56.4 Å². The van der Waals surface area contributed by atoms with Crippen LogP contribution < -0.4 is 20.3 Å². The number of furan rings is 1. The van der Waals surface area contributed by atoms with Gasteiger partial charge in [0.25, 0.3) is 5.91 Å². The quantitative estimate of drug-likeness (QED) is 0.0587. The van der Waals surface area contributed by atoms with E-state index >= 15 is 0 Å². The van der Waals surface area contributed by atoms with E-state index < -0.39 is 63.7 Å². The van der Waals surface area contributed by atoms with Crippen LogP contribution in [0.25, 0.3) is 22.3 Å². The minimum absolute atomic E-state index is 0.0161. The number of amides is 3. The molecule has 5 rings (SSSR count). The van der Waals surface area contributed by atoms with Gasteiger partial charge in [-0.05, 0) is 80.1 Å². The Morgan fingerprint density at radius 2 is 1.78 bits per heavy atom. The molecule has 14 nitrogen and oxygen atoms in total. The molecule has 0 bridgehead atoms. The Balaban J connectivity index is 1.33. The molecule has 0 radical (unpaired) electrons. The first-order valence-electron chi connectivity index (χ1n) is 17.0. The highest BCUT2D eigenvalue weighted by Gasteiger charge is 2.34. The lowest BCUT2D eigenvalue weighted by molar-refractivity contribution is -0.141. The van der Waals surface area contributed by atoms with Crippen molar-refractivity contribution in [2.75, 3.05) is 30.8 Å². The van der Waals surface area contributed by atoms with Gasteiger partial charge in [0.2, 0.25) is 27.6 Å². The lowest BCUT2D eigenvalue weighted by atomic mass is 10.0. The number of rotatable bonds is 15. The fourth-order valence-electron chi connectivity index (χ4n) is 5.75. The first kappa shape index (κ1) is 39.2. The highest BCUT2D eigenvalue weighted by atomic mass is 32.2. The van der Waals surface area contributed by atoms with Gasteiger partial charge in [0.15, 0.2) is 5.78 Å². The Morgan fingerprint density at radius 1 is 1.07 bits per heavy atom. The Labute approximate surface area is 310 Å². The number of ether oxygens (including phenoxy) is 1. The summed E-state index contributed by atoms with van der Waals surface area (Å²) in [5.74, 6) is -4.75. The van der Waals surface area contributed by atoms with Crippen molar-refractivity contribution in [2.24, 2.45) is 0 Å². The molecule has 1 aliphatic rings. The third kappa shape index (κ3) is 9.12. The zero-order valence-corrected chi connectivity index (χ0v) is 30.7. The molecule has 1 aromatic heterocycles. The SMILES string of the molecule is CCOC(=O)/C(O)=C/C(=O)c1cccc(CNC(=O)C(C)NC(=O)CN(c2cc3oc(-c4ccc(F)cc4)c(C(=O)NC)c3cc2C2CC2)S(C)(=O)=O)c1. The summed E-state index contributed by atoms with van der Waals surface area (Å²) in [4.78, 5) is 63.6. The van der Waals surface area contributed by atoms with E-state index in [1.807, 2.05) is 0 Å². The van der Waals surface area contributed by atoms with Crippen molar-refractivity contribution >= 4 is 56.2 Å². The zero-order valence-electron chi connectivity index (χ0n) is 29.9. The molecule has 0 spiro atoms. The van der Waals surface area contributed by atoms with Crippen LogP contribution in [-0.4, -0.2) is 75.5 Å². The van der Waals surface area contributed by atoms with E-state index in [0.717, 1.165) is 29.5 Å². The predicted octanol–water partition coefficient (Wildman–Crippen LogP) is 4.25. The van der Waals surface area contributed by atoms with Crippen molar-refractivity contribution in [3.63, 3.8) is 0 Å². The second kappa shape index (κ2) is 16.3. The monoisotopic (exact) mass is 762 g/mol. The molecular weight excluding hydrogens is 724 g/mol. The van der Waals surface area contributed by atoms with Gasteiger partial charge in [0.05, 0.1) is 24.1 Å². The highest BCUT2D eigenvalue weighted by Crippen LogP contribution is 2.48. The van der Waals surface area contributed by atoms with Gasteiger partial charge in [-0.15, -0.1) is 0 Å². The number of esters is 1. The number of allylic oxidation sites excluding steroid dienone is 1. The van der Waals surface area contributed by atoms with Crippen LogP contribution in [-0.2, 0) is 35.7 Å². The largest absolute Gasteiger partial charge is 0.502 e. The average Bonchev–Trinajstić information content (AvgIpc) is 3.92. The molecule has 4 aromatic rings. The van der Waals surface area contributed by atoms with Crippen molar-refractivity contribution in [1.29, 1.82) is 0 Å². The van der Waals surface area contributed by atoms with Crippen LogP contribution in [0.3, 0.4) is 0 Å². The second-order valence-corrected chi connectivity index (χ2v) is 14.6. The number of carbonyl (C=O) groups excluding carboxylic acids is 5. The Kier molecular flexibility index (Phi) is 11.8. The molecule has 1 saturated carbocycles. The van der Waals surface area contributed by atoms with E-state index in [4.69, 9.17) is 4.42 Å². The number of carbonyl (C=O) groups is 5. The van der Waals surface area contributed by atoms with Crippen molar-refractivity contribution in [3.05, 3.63) is 101 Å². The topological polar surface area (TPSA) is 201 Å². The number of benzene rings is 3. The number of halogens is 1. The number of ketones is 1. The third-order valence-electron chi connectivity index (χ3n) is 8.57. The number of aliphatic hydroxyl groups is 1. The van der Waals surface area contributed by atoms with Crippen LogP contribution in [0.4, 0.5) is 10.1 Å². The summed E-state index contributed by atoms with van der Waals surface area (Å²) in [7, 11) is -2.63. The van der Waals surface area contributed by atoms with Gasteiger partial charge in [-0.3, -0.25) is 23.5 Å². The zero-order chi connectivity index (χ0) is 39.3. The molecule has 1 atom stereocenters. The normalized spacial score (nSPS) is 13.5. The standard InChI is InChI=1S/C38H39FN4O10S/c1-5-52-38(49)31(45)18-30(44)25-8-6-7-22(15-25)19-41-36(47)21(2)42-33(46)20-43(54(4,50)51)29-17-32-28(16-27(29)23-9-10-23)34(37(48)40-3)35(53-32)24-11-13-26(39)14-12-24/h6-8,11-18,21,23,45H,5,9-10,19-20H2,1-4H3,(H,40,48)(H,41,47)(H,42,46)/b31-18-. The summed E-state index contributed by atoms with van der Waals surface area (Å²) in [5.41, 5.74) is 2.21. The van der Waals surface area contributed by atoms with Crippen LogP contribution in [0.5, 0.6) is 0 Å². The second-order valence-electron chi connectivity index (χ2n) is 12.7. The van der Waals surface area contributed by atoms with Gasteiger partial charge in [0.1, 0.15) is 29.7 Å². The maximum absolute atomic E-state index is 13.7. The molecule has 284 valence electrons. The molecule has 1 heterocycles. The maximum Gasteiger partial charge on any atom is 0.373 e. The average molecular weight is 763 g/mol. The van der Waals surface area contributed by atoms with E-state index in [-0.39, 0.29) is 47.2 Å². The van der Waals surface area contributed by atoms with Crippen molar-refractivity contribution in [3.8, 4) is 11.3 Å². The molecule has 1 fully saturated rings. The molecule has 4 N–H and O–H groups in total. The molecule has 1 unspecified atom stereocenters. The highest BCUT2D eigenvalue weighted by molar-refractivity contribution is 7.92. The fourth-order valence-corrected chi connectivity index (χ4v) is 6.62. The van der Waals surface area contributed by atoms with E-state index in [2.05, 4.69) is 20.7 Å². The lowest BCUT2D eigenvalue weighted by Crippen LogP contribution is -2.48. The molecule has 54 heavy (non-hydrogen) atoms. The number of hydrogen-bond donors (Lipinski definition) is 4. The van der Waals surface area contributed by atoms with Crippen molar-refractivity contribution < 1.29 is 51.0 Å². The maximum atomic E-state index is 13.7. The number of nitrogens with zero attached hydrogens (tertiary/aromatic N) is 1. The van der Waals surface area contributed by atoms with Gasteiger partial charge in [-0.25, -0.2) is 17.6 Å². The number of nitrogens with one attached hydrogen (secondary N) is 3. The summed E-state index contributed by atoms with van der Waals surface area (Å²) in [6.45, 7) is 2.26. The molecule has 0 saturated heterocycles. The van der Waals surface area contributed by atoms with Gasteiger partial charge in [-0.2, -0.15) is 0 Å². The first-order valence-corrected chi connectivity index (χ1v) is 18.8. The minimum atomic E-state index is -4.08. The van der Waals surface area contributed by atoms with Crippen molar-refractivity contribution in [1.82, 2.24) is 16.0 Å². The van der Waals surface area contributed by atoms with Gasteiger partial charge >= 0.3 is 5.97 Å². The Morgan fingerprint density at radius 3 is 2.41 bits per heavy atom. The predicted molar refractivity (Wildman–Crippen MR) is 197 cm³/mol. The van der Waals surface area contributed by atoms with Crippen molar-refractivity contribution in [2.45, 2.75) is 45.2 Å². The van der Waals surface area contributed by atoms with Gasteiger partial charge in [0, 0.05) is 42.2 Å². The molecule has 1 aliphatic carbocycles. The summed E-state index contributed by atoms with van der Waals surface area (Å²) in [5, 5.41) is 18.0. The summed E-state index contributed by atoms with van der Waals surface area (Å²) < 4.78 is 51.9. The molecule has 3 amide bonds. The minimum Gasteiger partial charge on any atom is -0.502 e. The number of sulfonamides is 1. The summed E-state index contributed by atoms with van der Waals surface area (Å²) in [6.07, 6.45) is 3.19. The van der Waals surface area contributed by atoms with Crippen LogP contribution in [0.1, 0.15) is 64.4 Å². The number of hydrogen-bond acceptors (Lipinski definition) is 10. The molecular formula is C38H39FN4O10S. The Bertz CT molecular complexity index is 2260. The summed E-state index contributed by atoms with van der Waals surface area (Å²) in [6, 6.07) is 13.5. The summed E-state index contributed by atoms with van der Waals surface area (Å²) >= 11 is 0. The Hall–Kier alpha value is -6.03. The number of anilines is 1. The van der Waals surface area contributed by atoms with Gasteiger partial charge < -0.3 is 30.2 Å². The third-order valence-corrected chi connectivity index (χ3v) is 9.70.